The van der Waals surface area contributed by atoms with Gasteiger partial charge in [-0.3, -0.25) is 9.36 Å². The Hall–Kier alpha value is -3.52. The number of benzene rings is 2. The number of ether oxygens (including phenoxy) is 1. The highest BCUT2D eigenvalue weighted by Gasteiger charge is 2.30. The van der Waals surface area contributed by atoms with Gasteiger partial charge in [0.2, 0.25) is 5.91 Å². The van der Waals surface area contributed by atoms with Crippen molar-refractivity contribution in [1.82, 2.24) is 14.8 Å². The Kier molecular flexibility index (Phi) is 5.93. The fraction of sp³-hybridized carbons (Fsp3) is 0.208. The Morgan fingerprint density at radius 1 is 1.06 bits per heavy atom. The van der Waals surface area contributed by atoms with E-state index in [4.69, 9.17) is 9.15 Å². The number of furan rings is 1. The third-order valence-electron chi connectivity index (χ3n) is 5.05. The first kappa shape index (κ1) is 20.4. The smallest absolute Gasteiger partial charge is 0.234 e. The molecule has 0 spiro atoms. The summed E-state index contributed by atoms with van der Waals surface area (Å²) in [6, 6.07) is 20.7. The van der Waals surface area contributed by atoms with Gasteiger partial charge in [-0.05, 0) is 49.2 Å². The number of thioether (sulfide) groups is 1. The number of aromatic nitrogens is 3. The zero-order valence-electron chi connectivity index (χ0n) is 17.3. The topological polar surface area (TPSA) is 82.2 Å². The lowest BCUT2D eigenvalue weighted by Gasteiger charge is -2.12. The predicted molar refractivity (Wildman–Crippen MR) is 122 cm³/mol. The van der Waals surface area contributed by atoms with Gasteiger partial charge in [0.15, 0.2) is 10.9 Å². The molecule has 0 unspecified atom stereocenters. The molecule has 1 aliphatic carbocycles. The van der Waals surface area contributed by atoms with Gasteiger partial charge in [-0.1, -0.05) is 42.1 Å². The number of anilines is 1. The monoisotopic (exact) mass is 446 g/mol. The third kappa shape index (κ3) is 4.86. The van der Waals surface area contributed by atoms with Crippen molar-refractivity contribution < 1.29 is 13.9 Å². The SMILES string of the molecule is O=C(CSc1nnc(C2CC2)n1Cc1ccco1)Nc1ccccc1Oc1ccccc1. The number of hydrogen-bond acceptors (Lipinski definition) is 6. The van der Waals surface area contributed by atoms with E-state index in [9.17, 15) is 4.79 Å². The van der Waals surface area contributed by atoms with Crippen molar-refractivity contribution in [3.05, 3.63) is 84.6 Å². The Balaban J connectivity index is 1.25. The first-order valence-corrected chi connectivity index (χ1v) is 11.4. The molecule has 0 aliphatic heterocycles. The largest absolute Gasteiger partial charge is 0.467 e. The van der Waals surface area contributed by atoms with Gasteiger partial charge >= 0.3 is 0 Å². The molecule has 7 nitrogen and oxygen atoms in total. The van der Waals surface area contributed by atoms with Crippen LogP contribution >= 0.6 is 11.8 Å². The lowest BCUT2D eigenvalue weighted by molar-refractivity contribution is -0.113. The summed E-state index contributed by atoms with van der Waals surface area (Å²) in [5.41, 5.74) is 0.623. The van der Waals surface area contributed by atoms with E-state index >= 15 is 0 Å². The fourth-order valence-electron chi connectivity index (χ4n) is 3.35. The summed E-state index contributed by atoms with van der Waals surface area (Å²) in [4.78, 5) is 12.7. The minimum Gasteiger partial charge on any atom is -0.467 e. The van der Waals surface area contributed by atoms with Crippen LogP contribution in [-0.2, 0) is 11.3 Å². The molecule has 32 heavy (non-hydrogen) atoms. The second-order valence-electron chi connectivity index (χ2n) is 7.53. The number of amides is 1. The van der Waals surface area contributed by atoms with Crippen LogP contribution in [0.3, 0.4) is 0 Å². The molecule has 2 aromatic heterocycles. The fourth-order valence-corrected chi connectivity index (χ4v) is 4.09. The zero-order valence-corrected chi connectivity index (χ0v) is 18.1. The standard InChI is InChI=1S/C24H22N4O3S/c29-22(25-20-10-4-5-11-21(20)31-18-7-2-1-3-8-18)16-32-24-27-26-23(17-12-13-17)28(24)15-19-9-6-14-30-19/h1-11,14,17H,12-13,15-16H2,(H,25,29). The van der Waals surface area contributed by atoms with Crippen molar-refractivity contribution in [1.29, 1.82) is 0 Å². The first-order chi connectivity index (χ1) is 15.8. The Morgan fingerprint density at radius 3 is 2.66 bits per heavy atom. The van der Waals surface area contributed by atoms with Crippen LogP contribution < -0.4 is 10.1 Å². The average Bonchev–Trinajstić information content (AvgIpc) is 3.37. The number of carbonyl (C=O) groups excluding carboxylic acids is 1. The molecule has 0 atom stereocenters. The molecule has 1 fully saturated rings. The van der Waals surface area contributed by atoms with Gasteiger partial charge in [0.25, 0.3) is 0 Å². The van der Waals surface area contributed by atoms with E-state index < -0.39 is 0 Å². The van der Waals surface area contributed by atoms with Crippen molar-refractivity contribution >= 4 is 23.4 Å². The molecular formula is C24H22N4O3S. The molecule has 0 bridgehead atoms. The lowest BCUT2D eigenvalue weighted by atomic mass is 10.3. The van der Waals surface area contributed by atoms with Crippen LogP contribution in [0.5, 0.6) is 11.5 Å². The number of nitrogens with zero attached hydrogens (tertiary/aromatic N) is 3. The normalized spacial score (nSPS) is 13.1. The molecule has 4 aromatic rings. The zero-order chi connectivity index (χ0) is 21.8. The Morgan fingerprint density at radius 2 is 1.88 bits per heavy atom. The highest BCUT2D eigenvalue weighted by molar-refractivity contribution is 7.99. The van der Waals surface area contributed by atoms with Crippen molar-refractivity contribution in [2.75, 3.05) is 11.1 Å². The average molecular weight is 447 g/mol. The van der Waals surface area contributed by atoms with Crippen molar-refractivity contribution in [3.8, 4) is 11.5 Å². The minimum atomic E-state index is -0.139. The molecule has 162 valence electrons. The number of hydrogen-bond donors (Lipinski definition) is 1. The van der Waals surface area contributed by atoms with Crippen LogP contribution in [0.2, 0.25) is 0 Å². The molecular weight excluding hydrogens is 424 g/mol. The highest BCUT2D eigenvalue weighted by Crippen LogP contribution is 2.40. The van der Waals surface area contributed by atoms with Gasteiger partial charge in [-0.25, -0.2) is 0 Å². The molecule has 0 saturated heterocycles. The molecule has 1 saturated carbocycles. The minimum absolute atomic E-state index is 0.139. The summed E-state index contributed by atoms with van der Waals surface area (Å²) < 4.78 is 13.5. The summed E-state index contributed by atoms with van der Waals surface area (Å²) in [6.07, 6.45) is 3.91. The first-order valence-electron chi connectivity index (χ1n) is 10.5. The molecule has 0 radical (unpaired) electrons. The number of rotatable bonds is 9. The van der Waals surface area contributed by atoms with Gasteiger partial charge in [0.1, 0.15) is 17.3 Å². The van der Waals surface area contributed by atoms with Crippen molar-refractivity contribution in [2.45, 2.75) is 30.5 Å². The van der Waals surface area contributed by atoms with Crippen molar-refractivity contribution in [2.24, 2.45) is 0 Å². The van der Waals surface area contributed by atoms with E-state index in [1.807, 2.05) is 66.7 Å². The van der Waals surface area contributed by atoms with E-state index in [1.165, 1.54) is 11.8 Å². The van der Waals surface area contributed by atoms with E-state index in [1.54, 1.807) is 6.26 Å². The predicted octanol–water partition coefficient (Wildman–Crippen LogP) is 5.32. The summed E-state index contributed by atoms with van der Waals surface area (Å²) >= 11 is 1.37. The molecule has 2 heterocycles. The molecule has 1 N–H and O–H groups in total. The number of carbonyl (C=O) groups is 1. The number of para-hydroxylation sites is 3. The molecule has 1 amide bonds. The summed E-state index contributed by atoms with van der Waals surface area (Å²) in [6.45, 7) is 0.559. The van der Waals surface area contributed by atoms with Gasteiger partial charge in [-0.15, -0.1) is 10.2 Å². The van der Waals surface area contributed by atoms with E-state index in [0.29, 0.717) is 34.8 Å². The molecule has 8 heteroatoms. The molecule has 2 aromatic carbocycles. The lowest BCUT2D eigenvalue weighted by Crippen LogP contribution is -2.15. The Labute approximate surface area is 189 Å². The van der Waals surface area contributed by atoms with Crippen LogP contribution in [0.25, 0.3) is 0 Å². The van der Waals surface area contributed by atoms with E-state index in [0.717, 1.165) is 24.4 Å². The third-order valence-corrected chi connectivity index (χ3v) is 6.01. The maximum absolute atomic E-state index is 12.7. The van der Waals surface area contributed by atoms with Gasteiger partial charge in [0.05, 0.1) is 24.2 Å². The summed E-state index contributed by atoms with van der Waals surface area (Å²) in [5, 5.41) is 12.4. The second-order valence-corrected chi connectivity index (χ2v) is 8.47. The van der Waals surface area contributed by atoms with Gasteiger partial charge < -0.3 is 14.5 Å². The van der Waals surface area contributed by atoms with Crippen molar-refractivity contribution in [3.63, 3.8) is 0 Å². The number of nitrogens with one attached hydrogen (secondary N) is 1. The summed E-state index contributed by atoms with van der Waals surface area (Å²) in [5.74, 6) is 3.62. The van der Waals surface area contributed by atoms with Gasteiger partial charge in [-0.2, -0.15) is 0 Å². The summed E-state index contributed by atoms with van der Waals surface area (Å²) in [7, 11) is 0. The van der Waals surface area contributed by atoms with E-state index in [-0.39, 0.29) is 11.7 Å². The van der Waals surface area contributed by atoms with Gasteiger partial charge in [0, 0.05) is 5.92 Å². The molecule has 5 rings (SSSR count). The van der Waals surface area contributed by atoms with Crippen LogP contribution in [0.1, 0.15) is 30.3 Å². The molecule has 1 aliphatic rings. The highest BCUT2D eigenvalue weighted by atomic mass is 32.2. The Bertz CT molecular complexity index is 1190. The van der Waals surface area contributed by atoms with Crippen LogP contribution in [0.15, 0.2) is 82.6 Å². The van der Waals surface area contributed by atoms with Crippen LogP contribution in [0, 0.1) is 0 Å². The quantitative estimate of drug-likeness (QED) is 0.351. The maximum Gasteiger partial charge on any atom is 0.234 e. The van der Waals surface area contributed by atoms with E-state index in [2.05, 4.69) is 20.1 Å². The van der Waals surface area contributed by atoms with Crippen LogP contribution in [-0.4, -0.2) is 26.4 Å². The van der Waals surface area contributed by atoms with Crippen LogP contribution in [0.4, 0.5) is 5.69 Å². The maximum atomic E-state index is 12.7. The second kappa shape index (κ2) is 9.32.